The predicted molar refractivity (Wildman–Crippen MR) is 108 cm³/mol. The summed E-state index contributed by atoms with van der Waals surface area (Å²) < 4.78 is 11.3. The van der Waals surface area contributed by atoms with Crippen molar-refractivity contribution in [2.75, 3.05) is 37.7 Å². The maximum absolute atomic E-state index is 12.0. The molecule has 2 heterocycles. The van der Waals surface area contributed by atoms with Crippen molar-refractivity contribution in [1.29, 1.82) is 0 Å². The van der Waals surface area contributed by atoms with Gasteiger partial charge < -0.3 is 19.7 Å². The molecule has 7 nitrogen and oxygen atoms in total. The first-order chi connectivity index (χ1) is 13.5. The number of nitrogens with zero attached hydrogens (tertiary/aromatic N) is 3. The number of rotatable bonds is 8. The third-order valence-electron chi connectivity index (χ3n) is 4.61. The smallest absolute Gasteiger partial charge is 0.258 e. The summed E-state index contributed by atoms with van der Waals surface area (Å²) in [7, 11) is 0. The molecule has 0 saturated carbocycles. The first-order valence-electron chi connectivity index (χ1n) is 9.71. The van der Waals surface area contributed by atoms with Crippen LogP contribution in [-0.2, 0) is 4.79 Å². The van der Waals surface area contributed by atoms with Crippen LogP contribution >= 0.6 is 0 Å². The Labute approximate surface area is 166 Å². The van der Waals surface area contributed by atoms with Crippen LogP contribution in [0.2, 0.25) is 0 Å². The lowest BCUT2D eigenvalue weighted by Crippen LogP contribution is -2.32. The first kappa shape index (κ1) is 19.9. The molecule has 1 N–H and O–H groups in total. The van der Waals surface area contributed by atoms with Crippen LogP contribution in [0, 0.1) is 20.8 Å². The van der Waals surface area contributed by atoms with Crippen LogP contribution in [0.5, 0.6) is 11.6 Å². The monoisotopic (exact) mass is 384 g/mol. The molecule has 3 rings (SSSR count). The Bertz CT molecular complexity index is 819. The van der Waals surface area contributed by atoms with E-state index in [-0.39, 0.29) is 12.5 Å². The average molecular weight is 384 g/mol. The lowest BCUT2D eigenvalue weighted by molar-refractivity contribution is -0.123. The second-order valence-corrected chi connectivity index (χ2v) is 7.06. The van der Waals surface area contributed by atoms with Crippen molar-refractivity contribution in [2.45, 2.75) is 33.6 Å². The van der Waals surface area contributed by atoms with E-state index in [2.05, 4.69) is 20.2 Å². The van der Waals surface area contributed by atoms with E-state index in [1.165, 1.54) is 12.8 Å². The van der Waals surface area contributed by atoms with E-state index in [1.807, 2.05) is 45.0 Å². The normalized spacial score (nSPS) is 13.5. The van der Waals surface area contributed by atoms with Gasteiger partial charge in [-0.05, 0) is 50.8 Å². The highest BCUT2D eigenvalue weighted by atomic mass is 16.5. The van der Waals surface area contributed by atoms with Gasteiger partial charge in [-0.15, -0.1) is 0 Å². The van der Waals surface area contributed by atoms with Crippen LogP contribution in [0.4, 0.5) is 5.82 Å². The third-order valence-corrected chi connectivity index (χ3v) is 4.61. The minimum absolute atomic E-state index is 0.0178. The fraction of sp³-hybridized carbons (Fsp3) is 0.476. The van der Waals surface area contributed by atoms with Crippen molar-refractivity contribution < 1.29 is 14.3 Å². The number of carbonyl (C=O) groups is 1. The molecule has 1 aliphatic rings. The predicted octanol–water partition coefficient (Wildman–Crippen LogP) is 2.58. The van der Waals surface area contributed by atoms with Gasteiger partial charge in [-0.25, -0.2) is 4.98 Å². The molecule has 0 atom stereocenters. The number of aryl methyl sites for hydroxylation is 3. The summed E-state index contributed by atoms with van der Waals surface area (Å²) in [5, 5.41) is 2.80. The fourth-order valence-corrected chi connectivity index (χ4v) is 3.11. The number of hydrogen-bond donors (Lipinski definition) is 1. The van der Waals surface area contributed by atoms with Crippen molar-refractivity contribution in [3.8, 4) is 11.6 Å². The molecular weight excluding hydrogens is 356 g/mol. The summed E-state index contributed by atoms with van der Waals surface area (Å²) >= 11 is 0. The molecule has 0 aliphatic carbocycles. The number of hydrogen-bond acceptors (Lipinski definition) is 6. The van der Waals surface area contributed by atoms with Gasteiger partial charge in [0.2, 0.25) is 5.88 Å². The van der Waals surface area contributed by atoms with Gasteiger partial charge in [-0.1, -0.05) is 12.1 Å². The molecule has 0 bridgehead atoms. The Kier molecular flexibility index (Phi) is 6.68. The van der Waals surface area contributed by atoms with Crippen molar-refractivity contribution in [3.63, 3.8) is 0 Å². The molecule has 1 fully saturated rings. The molecule has 150 valence electrons. The fourth-order valence-electron chi connectivity index (χ4n) is 3.11. The highest BCUT2D eigenvalue weighted by Crippen LogP contribution is 2.21. The summed E-state index contributed by atoms with van der Waals surface area (Å²) in [6, 6.07) is 7.80. The van der Waals surface area contributed by atoms with Crippen molar-refractivity contribution in [2.24, 2.45) is 0 Å². The molecule has 0 spiro atoms. The minimum Gasteiger partial charge on any atom is -0.483 e. The largest absolute Gasteiger partial charge is 0.483 e. The molecule has 1 aliphatic heterocycles. The maximum atomic E-state index is 12.0. The Morgan fingerprint density at radius 1 is 1.11 bits per heavy atom. The number of nitrogens with one attached hydrogen (secondary N) is 1. The lowest BCUT2D eigenvalue weighted by Gasteiger charge is -2.17. The molecule has 28 heavy (non-hydrogen) atoms. The maximum Gasteiger partial charge on any atom is 0.258 e. The summed E-state index contributed by atoms with van der Waals surface area (Å²) in [4.78, 5) is 23.0. The van der Waals surface area contributed by atoms with Gasteiger partial charge in [0, 0.05) is 19.2 Å². The topological polar surface area (TPSA) is 76.6 Å². The van der Waals surface area contributed by atoms with Crippen LogP contribution in [-0.4, -0.2) is 48.7 Å². The molecule has 1 aromatic heterocycles. The van der Waals surface area contributed by atoms with Crippen LogP contribution in [0.1, 0.15) is 29.8 Å². The van der Waals surface area contributed by atoms with Gasteiger partial charge in [0.1, 0.15) is 24.0 Å². The van der Waals surface area contributed by atoms with E-state index in [0.717, 1.165) is 35.8 Å². The van der Waals surface area contributed by atoms with E-state index < -0.39 is 0 Å². The number of aromatic nitrogens is 2. The molecule has 1 amide bonds. The molecule has 1 saturated heterocycles. The van der Waals surface area contributed by atoms with E-state index in [1.54, 1.807) is 0 Å². The standard InChI is InChI=1S/C21H28N4O3/c1-15-6-7-16(2)18(12-15)28-14-20(26)22-8-11-27-21-13-19(23-17(3)24-21)25-9-4-5-10-25/h6-7,12-13H,4-5,8-11,14H2,1-3H3,(H,22,26). The average Bonchev–Trinajstić information content (AvgIpc) is 3.20. The molecule has 0 unspecified atom stereocenters. The number of ether oxygens (including phenoxy) is 2. The van der Waals surface area contributed by atoms with Crippen LogP contribution in [0.15, 0.2) is 24.3 Å². The van der Waals surface area contributed by atoms with Crippen molar-refractivity contribution >= 4 is 11.7 Å². The van der Waals surface area contributed by atoms with Gasteiger partial charge in [-0.3, -0.25) is 4.79 Å². The van der Waals surface area contributed by atoms with Crippen LogP contribution in [0.25, 0.3) is 0 Å². The highest BCUT2D eigenvalue weighted by molar-refractivity contribution is 5.77. The van der Waals surface area contributed by atoms with Gasteiger partial charge in [-0.2, -0.15) is 4.98 Å². The van der Waals surface area contributed by atoms with Crippen LogP contribution in [0.3, 0.4) is 0 Å². The molecule has 0 radical (unpaired) electrons. The minimum atomic E-state index is -0.180. The zero-order valence-electron chi connectivity index (χ0n) is 16.8. The number of anilines is 1. The molecule has 7 heteroatoms. The SMILES string of the molecule is Cc1ccc(C)c(OCC(=O)NCCOc2cc(N3CCCC3)nc(C)n2)c1. The Balaban J connectivity index is 1.41. The van der Waals surface area contributed by atoms with E-state index in [4.69, 9.17) is 9.47 Å². The van der Waals surface area contributed by atoms with Gasteiger partial charge in [0.15, 0.2) is 6.61 Å². The second-order valence-electron chi connectivity index (χ2n) is 7.06. The van der Waals surface area contributed by atoms with E-state index >= 15 is 0 Å². The van der Waals surface area contributed by atoms with E-state index in [9.17, 15) is 4.79 Å². The lowest BCUT2D eigenvalue weighted by atomic mass is 10.1. The quantitative estimate of drug-likeness (QED) is 0.705. The number of benzene rings is 1. The van der Waals surface area contributed by atoms with Gasteiger partial charge in [0.05, 0.1) is 6.54 Å². The Morgan fingerprint density at radius 2 is 1.89 bits per heavy atom. The van der Waals surface area contributed by atoms with Crippen molar-refractivity contribution in [1.82, 2.24) is 15.3 Å². The Morgan fingerprint density at radius 3 is 2.68 bits per heavy atom. The second kappa shape index (κ2) is 9.39. The number of carbonyl (C=O) groups excluding carboxylic acids is 1. The summed E-state index contributed by atoms with van der Waals surface area (Å²) in [5.74, 6) is 2.69. The Hall–Kier alpha value is -2.83. The third kappa shape index (κ3) is 5.58. The van der Waals surface area contributed by atoms with Crippen molar-refractivity contribution in [3.05, 3.63) is 41.2 Å². The van der Waals surface area contributed by atoms with Crippen LogP contribution < -0.4 is 19.7 Å². The molecular formula is C21H28N4O3. The van der Waals surface area contributed by atoms with E-state index in [0.29, 0.717) is 24.9 Å². The molecule has 2 aromatic rings. The van der Waals surface area contributed by atoms with Gasteiger partial charge >= 0.3 is 0 Å². The summed E-state index contributed by atoms with van der Waals surface area (Å²) in [6.45, 7) is 8.56. The zero-order valence-corrected chi connectivity index (χ0v) is 16.8. The number of amides is 1. The summed E-state index contributed by atoms with van der Waals surface area (Å²) in [5.41, 5.74) is 2.11. The molecule has 1 aromatic carbocycles. The first-order valence-corrected chi connectivity index (χ1v) is 9.71. The highest BCUT2D eigenvalue weighted by Gasteiger charge is 2.15. The summed E-state index contributed by atoms with van der Waals surface area (Å²) in [6.07, 6.45) is 2.38. The van der Waals surface area contributed by atoms with Gasteiger partial charge in [0.25, 0.3) is 5.91 Å². The zero-order chi connectivity index (χ0) is 19.9.